The van der Waals surface area contributed by atoms with Crippen molar-refractivity contribution in [3.8, 4) is 0 Å². The summed E-state index contributed by atoms with van der Waals surface area (Å²) in [4.78, 5) is 25.9. The minimum atomic E-state index is -3.50. The van der Waals surface area contributed by atoms with E-state index in [4.69, 9.17) is 0 Å². The first-order valence-electron chi connectivity index (χ1n) is 11.3. The molecule has 0 radical (unpaired) electrons. The summed E-state index contributed by atoms with van der Waals surface area (Å²) in [6.45, 7) is 5.50. The van der Waals surface area contributed by atoms with Crippen LogP contribution in [0.15, 0.2) is 77.7 Å². The molecular formula is C27H28F2N2O4S. The van der Waals surface area contributed by atoms with Crippen molar-refractivity contribution in [3.63, 3.8) is 0 Å². The van der Waals surface area contributed by atoms with Gasteiger partial charge in [-0.2, -0.15) is 0 Å². The average molecular weight is 515 g/mol. The average Bonchev–Trinajstić information content (AvgIpc) is 2.79. The normalized spacial score (nSPS) is 12.6. The van der Waals surface area contributed by atoms with Gasteiger partial charge >= 0.3 is 0 Å². The Morgan fingerprint density at radius 1 is 0.833 bits per heavy atom. The Morgan fingerprint density at radius 2 is 1.36 bits per heavy atom. The van der Waals surface area contributed by atoms with Crippen LogP contribution < -0.4 is 10.6 Å². The Bertz CT molecular complexity index is 1320. The zero-order valence-corrected chi connectivity index (χ0v) is 21.0. The maximum atomic E-state index is 13.3. The number of carbonyl (C=O) groups excluding carboxylic acids is 2. The molecule has 0 saturated carbocycles. The first-order chi connectivity index (χ1) is 16.8. The number of hydrogen-bond donors (Lipinski definition) is 2. The number of benzene rings is 3. The Balaban J connectivity index is 1.78. The fourth-order valence-electron chi connectivity index (χ4n) is 3.54. The van der Waals surface area contributed by atoms with Crippen LogP contribution in [0.5, 0.6) is 0 Å². The van der Waals surface area contributed by atoms with Crippen molar-refractivity contribution in [1.82, 2.24) is 5.32 Å². The standard InChI is InChI=1S/C27H28F2N2O4S/c1-27(2,3)17-36(34,35)23-14-12-22(13-15-23)30-26(33)24(16-18-4-8-20(28)9-5-18)31-25(32)19-6-10-21(29)11-7-19/h4-15,24H,16-17H2,1-3H3,(H,30,33)(H,31,32)/t24-/m0/s1. The van der Waals surface area contributed by atoms with Gasteiger partial charge in [-0.15, -0.1) is 0 Å². The van der Waals surface area contributed by atoms with E-state index in [-0.39, 0.29) is 22.6 Å². The summed E-state index contributed by atoms with van der Waals surface area (Å²) >= 11 is 0. The lowest BCUT2D eigenvalue weighted by Gasteiger charge is -2.20. The van der Waals surface area contributed by atoms with Crippen LogP contribution in [-0.2, 0) is 21.1 Å². The Kier molecular flexibility index (Phi) is 8.24. The van der Waals surface area contributed by atoms with Crippen LogP contribution >= 0.6 is 0 Å². The van der Waals surface area contributed by atoms with E-state index < -0.39 is 44.7 Å². The van der Waals surface area contributed by atoms with E-state index in [0.717, 1.165) is 12.1 Å². The molecule has 3 aromatic carbocycles. The molecule has 190 valence electrons. The molecule has 2 amide bonds. The monoisotopic (exact) mass is 514 g/mol. The molecule has 0 aliphatic carbocycles. The number of rotatable bonds is 8. The van der Waals surface area contributed by atoms with Gasteiger partial charge in [-0.1, -0.05) is 32.9 Å². The first kappa shape index (κ1) is 27.0. The van der Waals surface area contributed by atoms with E-state index in [9.17, 15) is 26.8 Å². The van der Waals surface area contributed by atoms with Gasteiger partial charge in [0.25, 0.3) is 5.91 Å². The van der Waals surface area contributed by atoms with Crippen LogP contribution in [0.1, 0.15) is 36.7 Å². The molecule has 3 rings (SSSR count). The molecule has 0 unspecified atom stereocenters. The van der Waals surface area contributed by atoms with Gasteiger partial charge in [-0.3, -0.25) is 9.59 Å². The second-order valence-electron chi connectivity index (χ2n) is 9.70. The van der Waals surface area contributed by atoms with Crippen molar-refractivity contribution in [2.45, 2.75) is 38.1 Å². The van der Waals surface area contributed by atoms with Gasteiger partial charge in [0.05, 0.1) is 10.6 Å². The van der Waals surface area contributed by atoms with Gasteiger partial charge in [-0.25, -0.2) is 17.2 Å². The molecule has 0 bridgehead atoms. The zero-order valence-electron chi connectivity index (χ0n) is 20.2. The molecule has 36 heavy (non-hydrogen) atoms. The highest BCUT2D eigenvalue weighted by atomic mass is 32.2. The summed E-state index contributed by atoms with van der Waals surface area (Å²) in [5, 5.41) is 5.32. The van der Waals surface area contributed by atoms with E-state index in [1.807, 2.05) is 20.8 Å². The van der Waals surface area contributed by atoms with Crippen molar-refractivity contribution in [3.05, 3.63) is 95.6 Å². The van der Waals surface area contributed by atoms with Crippen LogP contribution in [0.4, 0.5) is 14.5 Å². The SMILES string of the molecule is CC(C)(C)CS(=O)(=O)c1ccc(NC(=O)[C@H](Cc2ccc(F)cc2)NC(=O)c2ccc(F)cc2)cc1. The topological polar surface area (TPSA) is 92.3 Å². The molecular weight excluding hydrogens is 486 g/mol. The highest BCUT2D eigenvalue weighted by molar-refractivity contribution is 7.91. The van der Waals surface area contributed by atoms with E-state index in [2.05, 4.69) is 10.6 Å². The van der Waals surface area contributed by atoms with Crippen LogP contribution in [0.2, 0.25) is 0 Å². The number of anilines is 1. The zero-order chi connectivity index (χ0) is 26.5. The van der Waals surface area contributed by atoms with Crippen molar-refractivity contribution in [2.24, 2.45) is 5.41 Å². The van der Waals surface area contributed by atoms with Gasteiger partial charge in [0.15, 0.2) is 9.84 Å². The summed E-state index contributed by atoms with van der Waals surface area (Å²) in [5.74, 6) is -2.10. The maximum absolute atomic E-state index is 13.3. The third-order valence-electron chi connectivity index (χ3n) is 5.19. The summed E-state index contributed by atoms with van der Waals surface area (Å²) in [5.41, 5.74) is 0.707. The van der Waals surface area contributed by atoms with Gasteiger partial charge < -0.3 is 10.6 Å². The molecule has 0 heterocycles. The highest BCUT2D eigenvalue weighted by Crippen LogP contribution is 2.23. The third-order valence-corrected chi connectivity index (χ3v) is 7.42. The Hall–Kier alpha value is -3.59. The van der Waals surface area contributed by atoms with Crippen molar-refractivity contribution < 1.29 is 26.8 Å². The highest BCUT2D eigenvalue weighted by Gasteiger charge is 2.25. The van der Waals surface area contributed by atoms with Crippen molar-refractivity contribution in [2.75, 3.05) is 11.1 Å². The molecule has 9 heteroatoms. The van der Waals surface area contributed by atoms with Crippen LogP contribution in [0.3, 0.4) is 0 Å². The fraction of sp³-hybridized carbons (Fsp3) is 0.259. The smallest absolute Gasteiger partial charge is 0.251 e. The lowest BCUT2D eigenvalue weighted by atomic mass is 10.0. The molecule has 0 saturated heterocycles. The summed E-state index contributed by atoms with van der Waals surface area (Å²) in [6.07, 6.45) is 0.0666. The van der Waals surface area contributed by atoms with Crippen LogP contribution in [-0.4, -0.2) is 32.0 Å². The van der Waals surface area contributed by atoms with Gasteiger partial charge in [-0.05, 0) is 71.6 Å². The second-order valence-corrected chi connectivity index (χ2v) is 11.7. The summed E-state index contributed by atoms with van der Waals surface area (Å²) in [7, 11) is -3.50. The van der Waals surface area contributed by atoms with Gasteiger partial charge in [0, 0.05) is 17.7 Å². The van der Waals surface area contributed by atoms with Crippen molar-refractivity contribution >= 4 is 27.3 Å². The molecule has 3 aromatic rings. The maximum Gasteiger partial charge on any atom is 0.251 e. The summed E-state index contributed by atoms with van der Waals surface area (Å²) in [6, 6.07) is 15.1. The fourth-order valence-corrected chi connectivity index (χ4v) is 5.39. The lowest BCUT2D eigenvalue weighted by Crippen LogP contribution is -2.45. The van der Waals surface area contributed by atoms with Gasteiger partial charge in [0.2, 0.25) is 5.91 Å². The molecule has 6 nitrogen and oxygen atoms in total. The lowest BCUT2D eigenvalue weighted by molar-refractivity contribution is -0.118. The number of hydrogen-bond acceptors (Lipinski definition) is 4. The number of halogens is 2. The van der Waals surface area contributed by atoms with E-state index >= 15 is 0 Å². The number of sulfone groups is 1. The molecule has 1 atom stereocenters. The molecule has 0 aromatic heterocycles. The van der Waals surface area contributed by atoms with E-state index in [0.29, 0.717) is 11.3 Å². The van der Waals surface area contributed by atoms with Crippen LogP contribution in [0.25, 0.3) is 0 Å². The number of amides is 2. The Labute approximate surface area is 209 Å². The molecule has 0 aliphatic heterocycles. The third kappa shape index (κ3) is 7.71. The second kappa shape index (κ2) is 11.0. The molecule has 0 aliphatic rings. The largest absolute Gasteiger partial charge is 0.340 e. The minimum absolute atomic E-state index is 0.0269. The number of carbonyl (C=O) groups is 2. The summed E-state index contributed by atoms with van der Waals surface area (Å²) < 4.78 is 51.8. The Morgan fingerprint density at radius 3 is 1.89 bits per heavy atom. The molecule has 0 fully saturated rings. The molecule has 2 N–H and O–H groups in total. The first-order valence-corrected chi connectivity index (χ1v) is 12.9. The quantitative estimate of drug-likeness (QED) is 0.453. The van der Waals surface area contributed by atoms with Crippen LogP contribution in [0, 0.1) is 17.0 Å². The van der Waals surface area contributed by atoms with Crippen molar-refractivity contribution in [1.29, 1.82) is 0 Å². The number of nitrogens with one attached hydrogen (secondary N) is 2. The minimum Gasteiger partial charge on any atom is -0.340 e. The van der Waals surface area contributed by atoms with E-state index in [1.165, 1.54) is 60.7 Å². The van der Waals surface area contributed by atoms with Gasteiger partial charge in [0.1, 0.15) is 17.7 Å². The predicted molar refractivity (Wildman–Crippen MR) is 134 cm³/mol. The molecule has 0 spiro atoms. The van der Waals surface area contributed by atoms with E-state index in [1.54, 1.807) is 0 Å². The predicted octanol–water partition coefficient (Wildman–Crippen LogP) is 4.76.